The number of carboxylic acids is 1. The van der Waals surface area contributed by atoms with Gasteiger partial charge in [-0.25, -0.2) is 4.79 Å². The minimum Gasteiger partial charge on any atom is -0.480 e. The lowest BCUT2D eigenvalue weighted by Crippen LogP contribution is -2.61. The molecule has 188 valence electrons. The summed E-state index contributed by atoms with van der Waals surface area (Å²) in [5, 5.41) is 23.1. The second-order valence-corrected chi connectivity index (χ2v) is 8.19. The molecule has 0 aliphatic carbocycles. The molecule has 0 aromatic carbocycles. The van der Waals surface area contributed by atoms with E-state index >= 15 is 0 Å². The lowest BCUT2D eigenvalue weighted by atomic mass is 9.94. The molecule has 11 nitrogen and oxygen atoms in total. The molecule has 3 atom stereocenters. The maximum atomic E-state index is 13.1. The molecule has 0 rings (SSSR count). The molecule has 0 saturated heterocycles. The van der Waals surface area contributed by atoms with Gasteiger partial charge < -0.3 is 31.7 Å². The first-order chi connectivity index (χ1) is 15.4. The van der Waals surface area contributed by atoms with Crippen LogP contribution in [0.4, 0.5) is 0 Å². The molecule has 6 N–H and O–H groups in total. The van der Waals surface area contributed by atoms with Crippen molar-refractivity contribution in [1.29, 1.82) is 0 Å². The number of carbonyl (C=O) groups is 4. The van der Waals surface area contributed by atoms with Gasteiger partial charge >= 0.3 is 5.97 Å². The number of rotatable bonds is 14. The Kier molecular flexibility index (Phi) is 13.5. The maximum Gasteiger partial charge on any atom is 0.326 e. The van der Waals surface area contributed by atoms with Crippen molar-refractivity contribution in [2.24, 2.45) is 10.9 Å². The molecule has 0 fully saturated rings. The summed E-state index contributed by atoms with van der Waals surface area (Å²) in [5.41, 5.74) is -1.31. The third-order valence-corrected chi connectivity index (χ3v) is 5.04. The van der Waals surface area contributed by atoms with Gasteiger partial charge in [-0.1, -0.05) is 26.8 Å². The largest absolute Gasteiger partial charge is 0.480 e. The normalized spacial score (nSPS) is 14.9. The minimum absolute atomic E-state index is 0.151. The number of nitrogens with one attached hydrogen (secondary N) is 5. The van der Waals surface area contributed by atoms with Crippen molar-refractivity contribution < 1.29 is 24.3 Å². The van der Waals surface area contributed by atoms with Crippen LogP contribution in [0.1, 0.15) is 53.4 Å². The number of aliphatic imine (C=N–C) groups is 1. The predicted octanol–water partition coefficient (Wildman–Crippen LogP) is 0.133. The van der Waals surface area contributed by atoms with E-state index in [1.165, 1.54) is 6.08 Å². The SMILES string of the molecule is C=CCC(C)(NC(=O)C(C)C)C(=O)NC(CCCNC(=NC)NC)C(=O)NC(CC)C(=O)O. The molecule has 0 aliphatic rings. The van der Waals surface area contributed by atoms with Crippen molar-refractivity contribution in [1.82, 2.24) is 26.6 Å². The van der Waals surface area contributed by atoms with Crippen LogP contribution in [0, 0.1) is 5.92 Å². The standard InChI is InChI=1S/C22H40N6O5/c1-8-12-22(5,28-17(29)14(3)4)20(33)27-16(11-10-13-25-21(23-6)24-7)18(30)26-15(9-2)19(31)32/h8,14-16H,1,9-13H2,2-7H3,(H,26,30)(H,27,33)(H,28,29)(H,31,32)(H2,23,24,25). The van der Waals surface area contributed by atoms with Crippen LogP contribution in [0.5, 0.6) is 0 Å². The fourth-order valence-electron chi connectivity index (χ4n) is 2.89. The lowest BCUT2D eigenvalue weighted by Gasteiger charge is -2.31. The Labute approximate surface area is 196 Å². The Morgan fingerprint density at radius 3 is 2.21 bits per heavy atom. The second-order valence-electron chi connectivity index (χ2n) is 8.19. The fourth-order valence-corrected chi connectivity index (χ4v) is 2.89. The molecule has 0 bridgehead atoms. The number of nitrogens with zero attached hydrogens (tertiary/aromatic N) is 1. The van der Waals surface area contributed by atoms with Crippen LogP contribution < -0.4 is 26.6 Å². The van der Waals surface area contributed by atoms with Gasteiger partial charge in [0, 0.05) is 26.6 Å². The minimum atomic E-state index is -1.31. The molecule has 0 spiro atoms. The maximum absolute atomic E-state index is 13.1. The fraction of sp³-hybridized carbons (Fsp3) is 0.682. The molecule has 3 amide bonds. The van der Waals surface area contributed by atoms with Gasteiger partial charge in [-0.3, -0.25) is 19.4 Å². The smallest absolute Gasteiger partial charge is 0.326 e. The van der Waals surface area contributed by atoms with Crippen LogP contribution in [0.25, 0.3) is 0 Å². The summed E-state index contributed by atoms with van der Waals surface area (Å²) in [6.45, 7) is 10.7. The van der Waals surface area contributed by atoms with Crippen molar-refractivity contribution in [2.45, 2.75) is 71.0 Å². The van der Waals surface area contributed by atoms with Crippen molar-refractivity contribution in [3.63, 3.8) is 0 Å². The monoisotopic (exact) mass is 468 g/mol. The quantitative estimate of drug-likeness (QED) is 0.0914. The summed E-state index contributed by atoms with van der Waals surface area (Å²) in [6, 6.07) is -2.07. The van der Waals surface area contributed by atoms with Crippen LogP contribution in [0.3, 0.4) is 0 Å². The Hall–Kier alpha value is -3.11. The van der Waals surface area contributed by atoms with Crippen LogP contribution in [-0.2, 0) is 19.2 Å². The van der Waals surface area contributed by atoms with Crippen molar-refractivity contribution in [3.05, 3.63) is 12.7 Å². The van der Waals surface area contributed by atoms with E-state index in [0.717, 1.165) is 0 Å². The van der Waals surface area contributed by atoms with E-state index in [1.54, 1.807) is 41.8 Å². The number of hydrogen-bond acceptors (Lipinski definition) is 5. The lowest BCUT2D eigenvalue weighted by molar-refractivity contribution is -0.142. The Balaban J connectivity index is 5.54. The topological polar surface area (TPSA) is 161 Å². The average molecular weight is 469 g/mol. The van der Waals surface area contributed by atoms with E-state index in [9.17, 15) is 24.3 Å². The Morgan fingerprint density at radius 2 is 1.76 bits per heavy atom. The summed E-state index contributed by atoms with van der Waals surface area (Å²) in [7, 11) is 3.34. The van der Waals surface area contributed by atoms with Crippen molar-refractivity contribution >= 4 is 29.7 Å². The first kappa shape index (κ1) is 29.9. The third kappa shape index (κ3) is 10.4. The molecule has 11 heteroatoms. The summed E-state index contributed by atoms with van der Waals surface area (Å²) in [4.78, 5) is 53.6. The molecule has 3 unspecified atom stereocenters. The molecule has 0 aromatic heterocycles. The van der Waals surface area contributed by atoms with Crippen molar-refractivity contribution in [3.8, 4) is 0 Å². The summed E-state index contributed by atoms with van der Waals surface area (Å²) in [5.74, 6) is -2.39. The Morgan fingerprint density at radius 1 is 1.12 bits per heavy atom. The molecule has 33 heavy (non-hydrogen) atoms. The van der Waals surface area contributed by atoms with Gasteiger partial charge in [0.2, 0.25) is 17.7 Å². The van der Waals surface area contributed by atoms with Crippen LogP contribution >= 0.6 is 0 Å². The zero-order valence-corrected chi connectivity index (χ0v) is 20.6. The van der Waals surface area contributed by atoms with E-state index in [1.807, 2.05) is 0 Å². The highest BCUT2D eigenvalue weighted by molar-refractivity contribution is 5.95. The van der Waals surface area contributed by atoms with Crippen molar-refractivity contribution in [2.75, 3.05) is 20.6 Å². The first-order valence-electron chi connectivity index (χ1n) is 11.1. The van der Waals surface area contributed by atoms with E-state index < -0.39 is 35.4 Å². The highest BCUT2D eigenvalue weighted by Gasteiger charge is 2.37. The zero-order chi connectivity index (χ0) is 25.6. The van der Waals surface area contributed by atoms with Crippen LogP contribution in [0.15, 0.2) is 17.6 Å². The highest BCUT2D eigenvalue weighted by Crippen LogP contribution is 2.14. The first-order valence-corrected chi connectivity index (χ1v) is 11.1. The molecule has 0 aromatic rings. The Bertz CT molecular complexity index is 724. The van der Waals surface area contributed by atoms with E-state index in [4.69, 9.17) is 0 Å². The summed E-state index contributed by atoms with van der Waals surface area (Å²) < 4.78 is 0. The van der Waals surface area contributed by atoms with Gasteiger partial charge in [0.1, 0.15) is 17.6 Å². The van der Waals surface area contributed by atoms with Gasteiger partial charge in [0.25, 0.3) is 0 Å². The number of hydrogen-bond donors (Lipinski definition) is 6. The van der Waals surface area contributed by atoms with E-state index in [2.05, 4.69) is 38.2 Å². The van der Waals surface area contributed by atoms with Gasteiger partial charge in [-0.2, -0.15) is 0 Å². The zero-order valence-electron chi connectivity index (χ0n) is 20.6. The number of amides is 3. The number of carboxylic acid groups (broad SMARTS) is 1. The van der Waals surface area contributed by atoms with Crippen LogP contribution in [0.2, 0.25) is 0 Å². The molecule has 0 radical (unpaired) electrons. The van der Waals surface area contributed by atoms with E-state index in [-0.39, 0.29) is 31.1 Å². The van der Waals surface area contributed by atoms with Crippen LogP contribution in [-0.4, -0.2) is 73.0 Å². The molecule has 0 heterocycles. The molecular weight excluding hydrogens is 428 g/mol. The number of aliphatic carboxylic acids is 1. The van der Waals surface area contributed by atoms with Gasteiger partial charge in [-0.05, 0) is 32.6 Å². The average Bonchev–Trinajstić information content (AvgIpc) is 2.76. The molecule has 0 aliphatic heterocycles. The molecular formula is C22H40N6O5. The second kappa shape index (κ2) is 14.9. The summed E-state index contributed by atoms with van der Waals surface area (Å²) in [6.07, 6.45) is 2.59. The number of carbonyl (C=O) groups excluding carboxylic acids is 3. The van der Waals surface area contributed by atoms with Gasteiger partial charge in [0.05, 0.1) is 0 Å². The van der Waals surface area contributed by atoms with E-state index in [0.29, 0.717) is 18.9 Å². The number of guanidine groups is 1. The highest BCUT2D eigenvalue weighted by atomic mass is 16.4. The summed E-state index contributed by atoms with van der Waals surface area (Å²) >= 11 is 0. The molecule has 0 saturated carbocycles. The third-order valence-electron chi connectivity index (χ3n) is 5.04. The van der Waals surface area contributed by atoms with Gasteiger partial charge in [-0.15, -0.1) is 6.58 Å². The van der Waals surface area contributed by atoms with Gasteiger partial charge in [0.15, 0.2) is 5.96 Å². The predicted molar refractivity (Wildman–Crippen MR) is 128 cm³/mol.